The van der Waals surface area contributed by atoms with Crippen LogP contribution in [0, 0.1) is 0 Å². The third kappa shape index (κ3) is 9.09. The Morgan fingerprint density at radius 1 is 0.688 bits per heavy atom. The first-order valence-corrected chi connectivity index (χ1v) is 5.67. The number of hydrogen-bond donors (Lipinski definition) is 4. The highest BCUT2D eigenvalue weighted by Crippen LogP contribution is 1.81. The van der Waals surface area contributed by atoms with E-state index in [0.29, 0.717) is 12.1 Å². The molecule has 2 saturated heterocycles. The average molecular weight is 232 g/mol. The zero-order valence-corrected chi connectivity index (χ0v) is 9.40. The third-order valence-electron chi connectivity index (χ3n) is 2.49. The molecule has 4 N–H and O–H groups in total. The van der Waals surface area contributed by atoms with Gasteiger partial charge in [-0.2, -0.15) is 0 Å². The lowest BCUT2D eigenvalue weighted by Gasteiger charge is -2.19. The normalized spacial score (nSPS) is 28.9. The molecule has 0 unspecified atom stereocenters. The number of piperazine rings is 2. The summed E-state index contributed by atoms with van der Waals surface area (Å²) in [5.74, 6) is 0. The topological polar surface area (TPSA) is 48.1 Å². The first-order chi connectivity index (χ1) is 6.79. The Morgan fingerprint density at radius 3 is 1.19 bits per heavy atom. The van der Waals surface area contributed by atoms with Gasteiger partial charge in [-0.3, -0.25) is 0 Å². The van der Waals surface area contributed by atoms with Crippen LogP contribution in [0.3, 0.4) is 0 Å². The van der Waals surface area contributed by atoms with E-state index >= 15 is 0 Å². The monoisotopic (exact) mass is 232 g/mol. The van der Waals surface area contributed by atoms with Crippen molar-refractivity contribution in [2.75, 3.05) is 39.3 Å². The molecule has 0 aliphatic carbocycles. The number of rotatable bonds is 0. The van der Waals surface area contributed by atoms with Gasteiger partial charge in [0.15, 0.2) is 0 Å². The molecule has 2 aliphatic rings. The molecular formula is C12H32N4. The Hall–Kier alpha value is -0.160. The van der Waals surface area contributed by atoms with E-state index in [1.54, 1.807) is 0 Å². The minimum Gasteiger partial charge on any atom is -0.314 e. The SMILES string of the molecule is C.C.C[C@@H]1CNCCN1.C[C@H]1CNCCN1. The predicted octanol–water partition coefficient (Wildman–Crippen LogP) is 0.408. The molecule has 2 rings (SSSR count). The number of hydrogen-bond acceptors (Lipinski definition) is 4. The summed E-state index contributed by atoms with van der Waals surface area (Å²) >= 11 is 0. The molecule has 4 nitrogen and oxygen atoms in total. The third-order valence-corrected chi connectivity index (χ3v) is 2.49. The molecule has 0 radical (unpaired) electrons. The maximum absolute atomic E-state index is 3.32. The lowest BCUT2D eigenvalue weighted by Crippen LogP contribution is -2.46. The molecule has 0 spiro atoms. The van der Waals surface area contributed by atoms with E-state index in [1.807, 2.05) is 0 Å². The summed E-state index contributed by atoms with van der Waals surface area (Å²) in [7, 11) is 0. The Morgan fingerprint density at radius 2 is 1.06 bits per heavy atom. The lowest BCUT2D eigenvalue weighted by molar-refractivity contribution is 0.442. The van der Waals surface area contributed by atoms with Crippen LogP contribution in [-0.2, 0) is 0 Å². The van der Waals surface area contributed by atoms with E-state index < -0.39 is 0 Å². The highest BCUT2D eigenvalue weighted by atomic mass is 15.0. The zero-order chi connectivity index (χ0) is 10.2. The quantitative estimate of drug-likeness (QED) is 0.489. The van der Waals surface area contributed by atoms with Crippen LogP contribution in [0.15, 0.2) is 0 Å². The molecule has 0 bridgehead atoms. The second-order valence-corrected chi connectivity index (χ2v) is 4.12. The van der Waals surface area contributed by atoms with Crippen molar-refractivity contribution < 1.29 is 0 Å². The molecule has 2 heterocycles. The fraction of sp³-hybridized carbons (Fsp3) is 1.00. The number of nitrogens with one attached hydrogen (secondary N) is 4. The van der Waals surface area contributed by atoms with Crippen LogP contribution in [0.1, 0.15) is 28.7 Å². The van der Waals surface area contributed by atoms with Gasteiger partial charge in [0.2, 0.25) is 0 Å². The summed E-state index contributed by atoms with van der Waals surface area (Å²) in [5, 5.41) is 13.2. The summed E-state index contributed by atoms with van der Waals surface area (Å²) in [6.45, 7) is 11.1. The van der Waals surface area contributed by atoms with Crippen molar-refractivity contribution in [3.8, 4) is 0 Å². The maximum atomic E-state index is 3.32. The van der Waals surface area contributed by atoms with E-state index in [2.05, 4.69) is 35.1 Å². The fourth-order valence-electron chi connectivity index (χ4n) is 1.60. The standard InChI is InChI=1S/2C5H12N2.2CH4/c2*1-5-4-6-2-3-7-5;;/h2*5-7H,2-4H2,1H3;2*1H4/t2*5-;;/m10../s1. The van der Waals surface area contributed by atoms with Gasteiger partial charge in [0.05, 0.1) is 0 Å². The Balaban J connectivity index is 0. The van der Waals surface area contributed by atoms with Crippen LogP contribution in [0.2, 0.25) is 0 Å². The summed E-state index contributed by atoms with van der Waals surface area (Å²) in [6.07, 6.45) is 0. The van der Waals surface area contributed by atoms with Gasteiger partial charge >= 0.3 is 0 Å². The lowest BCUT2D eigenvalue weighted by atomic mass is 10.3. The second kappa shape index (κ2) is 11.3. The van der Waals surface area contributed by atoms with Crippen molar-refractivity contribution in [3.63, 3.8) is 0 Å². The molecule has 100 valence electrons. The van der Waals surface area contributed by atoms with Crippen LogP contribution in [0.4, 0.5) is 0 Å². The zero-order valence-electron chi connectivity index (χ0n) is 9.40. The average Bonchev–Trinajstić information content (AvgIpc) is 2.21. The maximum Gasteiger partial charge on any atom is 0.0164 e. The smallest absolute Gasteiger partial charge is 0.0164 e. The Labute approximate surface area is 102 Å². The van der Waals surface area contributed by atoms with Crippen LogP contribution < -0.4 is 21.3 Å². The fourth-order valence-corrected chi connectivity index (χ4v) is 1.60. The van der Waals surface area contributed by atoms with Crippen molar-refractivity contribution in [1.29, 1.82) is 0 Å². The van der Waals surface area contributed by atoms with E-state index in [0.717, 1.165) is 39.3 Å². The van der Waals surface area contributed by atoms with Gasteiger partial charge in [0, 0.05) is 51.4 Å². The molecule has 0 aromatic carbocycles. The second-order valence-electron chi connectivity index (χ2n) is 4.12. The molecule has 2 atom stereocenters. The van der Waals surface area contributed by atoms with Gasteiger partial charge in [-0.1, -0.05) is 14.9 Å². The van der Waals surface area contributed by atoms with E-state index in [-0.39, 0.29) is 14.9 Å². The molecule has 0 amide bonds. The van der Waals surface area contributed by atoms with Crippen LogP contribution >= 0.6 is 0 Å². The van der Waals surface area contributed by atoms with Crippen molar-refractivity contribution in [1.82, 2.24) is 21.3 Å². The summed E-state index contributed by atoms with van der Waals surface area (Å²) < 4.78 is 0. The van der Waals surface area contributed by atoms with Gasteiger partial charge in [-0.25, -0.2) is 0 Å². The molecule has 2 aliphatic heterocycles. The molecule has 2 fully saturated rings. The van der Waals surface area contributed by atoms with Gasteiger partial charge < -0.3 is 21.3 Å². The Bertz CT molecular complexity index is 113. The first-order valence-electron chi connectivity index (χ1n) is 5.67. The van der Waals surface area contributed by atoms with Gasteiger partial charge in [0.25, 0.3) is 0 Å². The first kappa shape index (κ1) is 18.2. The molecule has 4 heteroatoms. The van der Waals surface area contributed by atoms with E-state index in [1.165, 1.54) is 0 Å². The van der Waals surface area contributed by atoms with Gasteiger partial charge in [-0.15, -0.1) is 0 Å². The van der Waals surface area contributed by atoms with Crippen molar-refractivity contribution in [3.05, 3.63) is 0 Å². The molecular weight excluding hydrogens is 200 g/mol. The van der Waals surface area contributed by atoms with E-state index in [9.17, 15) is 0 Å². The molecule has 0 saturated carbocycles. The van der Waals surface area contributed by atoms with Gasteiger partial charge in [-0.05, 0) is 13.8 Å². The predicted molar refractivity (Wildman–Crippen MR) is 74.1 cm³/mol. The van der Waals surface area contributed by atoms with Crippen LogP contribution in [0.25, 0.3) is 0 Å². The van der Waals surface area contributed by atoms with Gasteiger partial charge in [0.1, 0.15) is 0 Å². The van der Waals surface area contributed by atoms with Crippen LogP contribution in [-0.4, -0.2) is 51.4 Å². The molecule has 0 aromatic heterocycles. The van der Waals surface area contributed by atoms with Crippen molar-refractivity contribution in [2.24, 2.45) is 0 Å². The highest BCUT2D eigenvalue weighted by Gasteiger charge is 2.03. The Kier molecular flexibility index (Phi) is 12.9. The summed E-state index contributed by atoms with van der Waals surface area (Å²) in [4.78, 5) is 0. The van der Waals surface area contributed by atoms with Crippen LogP contribution in [0.5, 0.6) is 0 Å². The molecule has 0 aromatic rings. The minimum atomic E-state index is 0. The largest absolute Gasteiger partial charge is 0.314 e. The summed E-state index contributed by atoms with van der Waals surface area (Å²) in [5.41, 5.74) is 0. The minimum absolute atomic E-state index is 0. The summed E-state index contributed by atoms with van der Waals surface area (Å²) in [6, 6.07) is 1.35. The van der Waals surface area contributed by atoms with E-state index in [4.69, 9.17) is 0 Å². The van der Waals surface area contributed by atoms with Crippen molar-refractivity contribution in [2.45, 2.75) is 40.8 Å². The molecule has 16 heavy (non-hydrogen) atoms. The van der Waals surface area contributed by atoms with Crippen molar-refractivity contribution >= 4 is 0 Å². The highest BCUT2D eigenvalue weighted by molar-refractivity contribution is 4.70.